The third kappa shape index (κ3) is 6.12. The van der Waals surface area contributed by atoms with E-state index in [0.29, 0.717) is 17.9 Å². The van der Waals surface area contributed by atoms with Crippen molar-refractivity contribution < 1.29 is 22.3 Å². The molecular weight excluding hydrogens is 359 g/mol. The van der Waals surface area contributed by atoms with Crippen LogP contribution in [0.4, 0.5) is 10.1 Å². The summed E-state index contributed by atoms with van der Waals surface area (Å²) >= 11 is 0. The summed E-state index contributed by atoms with van der Waals surface area (Å²) in [6, 6.07) is 12.5. The number of carbonyl (C=O) groups excluding carboxylic acids is 1. The van der Waals surface area contributed by atoms with Gasteiger partial charge >= 0.3 is 0 Å². The van der Waals surface area contributed by atoms with Gasteiger partial charge in [-0.25, -0.2) is 12.8 Å². The number of hydrogen-bond acceptors (Lipinski definition) is 4. The molecule has 6 nitrogen and oxygen atoms in total. The number of nitrogens with one attached hydrogen (secondary N) is 1. The van der Waals surface area contributed by atoms with Gasteiger partial charge < -0.3 is 10.1 Å². The molecule has 0 saturated heterocycles. The highest BCUT2D eigenvalue weighted by atomic mass is 32.2. The highest BCUT2D eigenvalue weighted by Gasteiger charge is 2.20. The van der Waals surface area contributed by atoms with Crippen LogP contribution in [0.3, 0.4) is 0 Å². The molecule has 2 rings (SSSR count). The van der Waals surface area contributed by atoms with Crippen LogP contribution in [-0.2, 0) is 21.2 Å². The van der Waals surface area contributed by atoms with Crippen molar-refractivity contribution in [3.8, 4) is 5.75 Å². The van der Waals surface area contributed by atoms with Crippen molar-refractivity contribution in [3.63, 3.8) is 0 Å². The van der Waals surface area contributed by atoms with Crippen LogP contribution < -0.4 is 10.1 Å². The molecule has 2 aromatic rings. The fraction of sp³-hybridized carbons (Fsp3) is 0.278. The van der Waals surface area contributed by atoms with E-state index in [2.05, 4.69) is 5.32 Å². The molecule has 0 radical (unpaired) electrons. The number of anilines is 1. The lowest BCUT2D eigenvalue weighted by molar-refractivity contribution is -0.116. The topological polar surface area (TPSA) is 75.7 Å². The molecule has 0 aliphatic rings. The highest BCUT2D eigenvalue weighted by Crippen LogP contribution is 2.13. The molecule has 8 heteroatoms. The van der Waals surface area contributed by atoms with Gasteiger partial charge in [0.15, 0.2) is 0 Å². The van der Waals surface area contributed by atoms with E-state index in [1.54, 1.807) is 19.2 Å². The Labute approximate surface area is 152 Å². The molecule has 2 aromatic carbocycles. The second-order valence-electron chi connectivity index (χ2n) is 5.75. The van der Waals surface area contributed by atoms with Gasteiger partial charge in [0.2, 0.25) is 15.9 Å². The largest absolute Gasteiger partial charge is 0.497 e. The van der Waals surface area contributed by atoms with Gasteiger partial charge in [-0.15, -0.1) is 0 Å². The smallest absolute Gasteiger partial charge is 0.239 e. The molecule has 1 N–H and O–H groups in total. The van der Waals surface area contributed by atoms with Crippen LogP contribution in [0.1, 0.15) is 5.56 Å². The van der Waals surface area contributed by atoms with E-state index in [0.717, 1.165) is 16.1 Å². The molecular formula is C18H21FN2O4S. The molecule has 0 heterocycles. The normalized spacial score (nSPS) is 11.4. The molecule has 0 aliphatic heterocycles. The monoisotopic (exact) mass is 380 g/mol. The van der Waals surface area contributed by atoms with Crippen molar-refractivity contribution in [1.82, 2.24) is 4.31 Å². The molecule has 0 unspecified atom stereocenters. The number of sulfonamides is 1. The van der Waals surface area contributed by atoms with Crippen molar-refractivity contribution in [3.05, 3.63) is 59.9 Å². The first-order chi connectivity index (χ1) is 12.3. The number of halogens is 1. The average molecular weight is 380 g/mol. The van der Waals surface area contributed by atoms with E-state index >= 15 is 0 Å². The third-order valence-electron chi connectivity index (χ3n) is 3.73. The van der Waals surface area contributed by atoms with Gasteiger partial charge in [0.05, 0.1) is 19.9 Å². The van der Waals surface area contributed by atoms with Crippen LogP contribution in [0, 0.1) is 5.82 Å². The molecule has 0 saturated carbocycles. The van der Waals surface area contributed by atoms with Crippen molar-refractivity contribution in [1.29, 1.82) is 0 Å². The number of carbonyl (C=O) groups is 1. The van der Waals surface area contributed by atoms with Gasteiger partial charge in [0, 0.05) is 12.2 Å². The van der Waals surface area contributed by atoms with E-state index in [1.807, 2.05) is 12.1 Å². The number of benzene rings is 2. The Bertz CT molecular complexity index is 836. The quantitative estimate of drug-likeness (QED) is 0.762. The van der Waals surface area contributed by atoms with Crippen LogP contribution in [-0.4, -0.2) is 45.1 Å². The highest BCUT2D eigenvalue weighted by molar-refractivity contribution is 7.88. The summed E-state index contributed by atoms with van der Waals surface area (Å²) < 4.78 is 43.0. The zero-order chi connectivity index (χ0) is 19.2. The molecule has 0 aromatic heterocycles. The number of nitrogens with zero attached hydrogens (tertiary/aromatic N) is 1. The average Bonchev–Trinajstić information content (AvgIpc) is 2.60. The molecule has 0 atom stereocenters. The fourth-order valence-corrected chi connectivity index (χ4v) is 3.08. The van der Waals surface area contributed by atoms with E-state index in [1.165, 1.54) is 24.3 Å². The lowest BCUT2D eigenvalue weighted by atomic mass is 10.1. The minimum Gasteiger partial charge on any atom is -0.497 e. The number of amides is 1. The predicted octanol–water partition coefficient (Wildman–Crippen LogP) is 2.28. The summed E-state index contributed by atoms with van der Waals surface area (Å²) in [5, 5.41) is 2.56. The first kappa shape index (κ1) is 19.9. The van der Waals surface area contributed by atoms with E-state index in [4.69, 9.17) is 4.74 Å². The number of methoxy groups -OCH3 is 1. The molecule has 0 spiro atoms. The Kier molecular flexibility index (Phi) is 6.70. The Hall–Kier alpha value is -2.45. The summed E-state index contributed by atoms with van der Waals surface area (Å²) in [5.41, 5.74) is 1.33. The van der Waals surface area contributed by atoms with Crippen molar-refractivity contribution in [2.75, 3.05) is 31.8 Å². The fourth-order valence-electron chi connectivity index (χ4n) is 2.30. The predicted molar refractivity (Wildman–Crippen MR) is 98.1 cm³/mol. The van der Waals surface area contributed by atoms with Gasteiger partial charge in [-0.2, -0.15) is 4.31 Å². The maximum Gasteiger partial charge on any atom is 0.239 e. The van der Waals surface area contributed by atoms with E-state index in [-0.39, 0.29) is 13.1 Å². The van der Waals surface area contributed by atoms with Crippen molar-refractivity contribution in [2.24, 2.45) is 0 Å². The van der Waals surface area contributed by atoms with Gasteiger partial charge in [0.25, 0.3) is 0 Å². The van der Waals surface area contributed by atoms with Crippen LogP contribution in [0.25, 0.3) is 0 Å². The van der Waals surface area contributed by atoms with Gasteiger partial charge in [-0.3, -0.25) is 4.79 Å². The van der Waals surface area contributed by atoms with Crippen LogP contribution in [0.5, 0.6) is 5.75 Å². The van der Waals surface area contributed by atoms with Gasteiger partial charge in [0.1, 0.15) is 11.6 Å². The lowest BCUT2D eigenvalue weighted by Crippen LogP contribution is -2.38. The van der Waals surface area contributed by atoms with Crippen molar-refractivity contribution in [2.45, 2.75) is 6.42 Å². The van der Waals surface area contributed by atoms with E-state index < -0.39 is 21.7 Å². The first-order valence-electron chi connectivity index (χ1n) is 7.91. The minimum atomic E-state index is -3.55. The zero-order valence-electron chi connectivity index (χ0n) is 14.6. The van der Waals surface area contributed by atoms with Crippen molar-refractivity contribution >= 4 is 21.6 Å². The Balaban J connectivity index is 1.97. The van der Waals surface area contributed by atoms with Gasteiger partial charge in [-0.05, 0) is 48.4 Å². The second kappa shape index (κ2) is 8.77. The van der Waals surface area contributed by atoms with Crippen LogP contribution in [0.2, 0.25) is 0 Å². The van der Waals surface area contributed by atoms with E-state index in [9.17, 15) is 17.6 Å². The molecule has 140 valence electrons. The molecule has 1 amide bonds. The summed E-state index contributed by atoms with van der Waals surface area (Å²) in [4.78, 5) is 12.1. The molecule has 26 heavy (non-hydrogen) atoms. The second-order valence-corrected chi connectivity index (χ2v) is 7.73. The molecule has 0 aliphatic carbocycles. The first-order valence-corrected chi connectivity index (χ1v) is 9.76. The Morgan fingerprint density at radius 2 is 1.73 bits per heavy atom. The summed E-state index contributed by atoms with van der Waals surface area (Å²) in [5.74, 6) is -0.190. The SMILES string of the molecule is COc1ccc(CCN(CC(=O)Nc2ccc(F)cc2)S(C)(=O)=O)cc1. The minimum absolute atomic E-state index is 0.169. The molecule has 0 bridgehead atoms. The number of rotatable bonds is 8. The Morgan fingerprint density at radius 1 is 1.12 bits per heavy atom. The van der Waals surface area contributed by atoms with Crippen LogP contribution >= 0.6 is 0 Å². The van der Waals surface area contributed by atoms with Crippen LogP contribution in [0.15, 0.2) is 48.5 Å². The standard InChI is InChI=1S/C18H21FN2O4S/c1-25-17-9-3-14(4-10-17)11-12-21(26(2,23)24)13-18(22)20-16-7-5-15(19)6-8-16/h3-10H,11-13H2,1-2H3,(H,20,22). The number of ether oxygens (including phenoxy) is 1. The third-order valence-corrected chi connectivity index (χ3v) is 4.98. The zero-order valence-corrected chi connectivity index (χ0v) is 15.4. The summed E-state index contributed by atoms with van der Waals surface area (Å²) in [6.07, 6.45) is 1.52. The number of hydrogen-bond donors (Lipinski definition) is 1. The maximum atomic E-state index is 12.9. The lowest BCUT2D eigenvalue weighted by Gasteiger charge is -2.19. The summed E-state index contributed by atoms with van der Waals surface area (Å²) in [6.45, 7) is -0.144. The Morgan fingerprint density at radius 3 is 2.27 bits per heavy atom. The van der Waals surface area contributed by atoms with Gasteiger partial charge in [-0.1, -0.05) is 12.1 Å². The molecule has 0 fully saturated rings. The maximum absolute atomic E-state index is 12.9. The summed E-state index contributed by atoms with van der Waals surface area (Å²) in [7, 11) is -1.98.